The first-order valence-corrected chi connectivity index (χ1v) is 8.19. The Morgan fingerprint density at radius 1 is 1.40 bits per heavy atom. The van der Waals surface area contributed by atoms with E-state index in [2.05, 4.69) is 24.3 Å². The summed E-state index contributed by atoms with van der Waals surface area (Å²) in [7, 11) is 0. The number of hydrogen-bond acceptors (Lipinski definition) is 3. The lowest BCUT2D eigenvalue weighted by molar-refractivity contribution is -0.118. The van der Waals surface area contributed by atoms with Crippen LogP contribution in [0, 0.1) is 5.92 Å². The van der Waals surface area contributed by atoms with Crippen LogP contribution in [0.25, 0.3) is 10.9 Å². The summed E-state index contributed by atoms with van der Waals surface area (Å²) < 4.78 is 1.94. The van der Waals surface area contributed by atoms with Crippen LogP contribution in [-0.2, 0) is 4.79 Å². The summed E-state index contributed by atoms with van der Waals surface area (Å²) in [5.74, 6) is 0.911. The molecule has 4 nitrogen and oxygen atoms in total. The van der Waals surface area contributed by atoms with Crippen LogP contribution in [0.15, 0.2) is 24.4 Å². The van der Waals surface area contributed by atoms with Gasteiger partial charge in [0, 0.05) is 35.0 Å². The largest absolute Gasteiger partial charge is 0.326 e. The molecule has 1 N–H and O–H groups in total. The number of aromatic nitrogens is 2. The molecule has 0 spiro atoms. The van der Waals surface area contributed by atoms with Crippen LogP contribution >= 0.6 is 11.8 Å². The molecule has 1 unspecified atom stereocenters. The van der Waals surface area contributed by atoms with Gasteiger partial charge in [-0.1, -0.05) is 6.92 Å². The van der Waals surface area contributed by atoms with Gasteiger partial charge in [0.25, 0.3) is 0 Å². The number of carbonyl (C=O) groups is 1. The van der Waals surface area contributed by atoms with E-state index in [4.69, 9.17) is 0 Å². The second kappa shape index (κ2) is 6.31. The van der Waals surface area contributed by atoms with Crippen molar-refractivity contribution in [3.8, 4) is 0 Å². The number of nitrogens with one attached hydrogen (secondary N) is 1. The van der Waals surface area contributed by atoms with Crippen LogP contribution in [0.4, 0.5) is 5.69 Å². The standard InChI is InChI=1S/C15H21N3OS/c1-10(2)18-8-12-7-13(5-6-14(12)17-18)16-15(19)11(3)9-20-4/h5-8,10-11H,9H2,1-4H3,(H,16,19). The van der Waals surface area contributed by atoms with Crippen LogP contribution in [0.3, 0.4) is 0 Å². The van der Waals surface area contributed by atoms with Crippen molar-refractivity contribution in [3.63, 3.8) is 0 Å². The summed E-state index contributed by atoms with van der Waals surface area (Å²) in [6.45, 7) is 6.14. The van der Waals surface area contributed by atoms with E-state index >= 15 is 0 Å². The highest BCUT2D eigenvalue weighted by Crippen LogP contribution is 2.20. The molecule has 0 aliphatic rings. The van der Waals surface area contributed by atoms with E-state index < -0.39 is 0 Å². The van der Waals surface area contributed by atoms with Gasteiger partial charge in [-0.2, -0.15) is 16.9 Å². The van der Waals surface area contributed by atoms with Crippen molar-refractivity contribution in [1.82, 2.24) is 9.78 Å². The molecule has 1 aromatic carbocycles. The van der Waals surface area contributed by atoms with E-state index in [0.29, 0.717) is 6.04 Å². The fraction of sp³-hybridized carbons (Fsp3) is 0.467. The number of fused-ring (bicyclic) bond motifs is 1. The van der Waals surface area contributed by atoms with E-state index in [-0.39, 0.29) is 11.8 Å². The Morgan fingerprint density at radius 2 is 2.15 bits per heavy atom. The molecule has 1 aromatic heterocycles. The van der Waals surface area contributed by atoms with Crippen molar-refractivity contribution >= 4 is 34.3 Å². The molecule has 0 radical (unpaired) electrons. The Morgan fingerprint density at radius 3 is 2.80 bits per heavy atom. The summed E-state index contributed by atoms with van der Waals surface area (Å²) >= 11 is 1.68. The molecule has 108 valence electrons. The molecule has 0 bridgehead atoms. The zero-order valence-electron chi connectivity index (χ0n) is 12.4. The minimum atomic E-state index is 0.0130. The molecule has 0 saturated carbocycles. The van der Waals surface area contributed by atoms with E-state index in [1.807, 2.05) is 42.3 Å². The minimum Gasteiger partial charge on any atom is -0.326 e. The smallest absolute Gasteiger partial charge is 0.228 e. The van der Waals surface area contributed by atoms with Gasteiger partial charge < -0.3 is 5.32 Å². The quantitative estimate of drug-likeness (QED) is 0.916. The molecule has 1 heterocycles. The van der Waals surface area contributed by atoms with Gasteiger partial charge in [-0.05, 0) is 38.3 Å². The third kappa shape index (κ3) is 3.33. The Hall–Kier alpha value is -1.49. The van der Waals surface area contributed by atoms with Gasteiger partial charge in [0.05, 0.1) is 5.52 Å². The summed E-state index contributed by atoms with van der Waals surface area (Å²) in [6.07, 6.45) is 4.02. The van der Waals surface area contributed by atoms with Crippen molar-refractivity contribution < 1.29 is 4.79 Å². The maximum Gasteiger partial charge on any atom is 0.228 e. The molecular weight excluding hydrogens is 270 g/mol. The van der Waals surface area contributed by atoms with Gasteiger partial charge >= 0.3 is 0 Å². The van der Waals surface area contributed by atoms with Crippen LogP contribution in [0.2, 0.25) is 0 Å². The fourth-order valence-corrected chi connectivity index (χ4v) is 2.63. The summed E-state index contributed by atoms with van der Waals surface area (Å²) in [5, 5.41) is 8.52. The number of rotatable bonds is 5. The number of nitrogens with zero attached hydrogens (tertiary/aromatic N) is 2. The first-order valence-electron chi connectivity index (χ1n) is 6.80. The zero-order chi connectivity index (χ0) is 14.7. The first kappa shape index (κ1) is 14.9. The third-order valence-electron chi connectivity index (χ3n) is 3.18. The predicted octanol–water partition coefficient (Wildman–Crippen LogP) is 3.55. The number of hydrogen-bond donors (Lipinski definition) is 1. The van der Waals surface area contributed by atoms with Gasteiger partial charge in [-0.25, -0.2) is 0 Å². The summed E-state index contributed by atoms with van der Waals surface area (Å²) in [5.41, 5.74) is 1.78. The van der Waals surface area contributed by atoms with Crippen LogP contribution in [0.5, 0.6) is 0 Å². The molecule has 2 aromatic rings. The molecule has 0 saturated heterocycles. The molecule has 20 heavy (non-hydrogen) atoms. The molecule has 0 aliphatic carbocycles. The van der Waals surface area contributed by atoms with Gasteiger partial charge in [0.15, 0.2) is 0 Å². The highest BCUT2D eigenvalue weighted by atomic mass is 32.2. The predicted molar refractivity (Wildman–Crippen MR) is 86.3 cm³/mol. The van der Waals surface area contributed by atoms with Crippen molar-refractivity contribution in [1.29, 1.82) is 0 Å². The van der Waals surface area contributed by atoms with Crippen molar-refractivity contribution in [3.05, 3.63) is 24.4 Å². The van der Waals surface area contributed by atoms with Gasteiger partial charge in [-0.3, -0.25) is 9.48 Å². The lowest BCUT2D eigenvalue weighted by Crippen LogP contribution is -2.21. The van der Waals surface area contributed by atoms with Crippen LogP contribution in [-0.4, -0.2) is 27.7 Å². The lowest BCUT2D eigenvalue weighted by Gasteiger charge is -2.10. The van der Waals surface area contributed by atoms with E-state index in [9.17, 15) is 4.79 Å². The summed E-state index contributed by atoms with van der Waals surface area (Å²) in [6, 6.07) is 6.17. The number of carbonyl (C=O) groups excluding carboxylic acids is 1. The van der Waals surface area contributed by atoms with Crippen LogP contribution < -0.4 is 5.32 Å². The molecule has 1 amide bonds. The number of anilines is 1. The third-order valence-corrected chi connectivity index (χ3v) is 4.02. The highest BCUT2D eigenvalue weighted by Gasteiger charge is 2.12. The maximum absolute atomic E-state index is 12.0. The lowest BCUT2D eigenvalue weighted by atomic mass is 10.2. The van der Waals surface area contributed by atoms with Crippen molar-refractivity contribution in [2.45, 2.75) is 26.8 Å². The van der Waals surface area contributed by atoms with E-state index in [1.165, 1.54) is 0 Å². The maximum atomic E-state index is 12.0. The average molecular weight is 291 g/mol. The van der Waals surface area contributed by atoms with Crippen LogP contribution in [0.1, 0.15) is 26.8 Å². The number of thioether (sulfide) groups is 1. The van der Waals surface area contributed by atoms with Gasteiger partial charge in [0.2, 0.25) is 5.91 Å². The molecule has 1 atom stereocenters. The Labute approximate surface area is 123 Å². The topological polar surface area (TPSA) is 46.9 Å². The molecule has 5 heteroatoms. The first-order chi connectivity index (χ1) is 9.51. The Balaban J connectivity index is 2.17. The van der Waals surface area contributed by atoms with Gasteiger partial charge in [0.1, 0.15) is 0 Å². The molecule has 0 fully saturated rings. The van der Waals surface area contributed by atoms with Crippen molar-refractivity contribution in [2.24, 2.45) is 5.92 Å². The molecular formula is C15H21N3OS. The normalized spacial score (nSPS) is 12.8. The van der Waals surface area contributed by atoms with E-state index in [0.717, 1.165) is 22.3 Å². The van der Waals surface area contributed by atoms with Gasteiger partial charge in [-0.15, -0.1) is 0 Å². The second-order valence-electron chi connectivity index (χ2n) is 5.32. The number of amides is 1. The van der Waals surface area contributed by atoms with Crippen molar-refractivity contribution in [2.75, 3.05) is 17.3 Å². The zero-order valence-corrected chi connectivity index (χ0v) is 13.2. The Kier molecular flexibility index (Phi) is 4.70. The monoisotopic (exact) mass is 291 g/mol. The fourth-order valence-electron chi connectivity index (χ4n) is 1.98. The molecule has 2 rings (SSSR count). The van der Waals surface area contributed by atoms with E-state index in [1.54, 1.807) is 11.8 Å². The second-order valence-corrected chi connectivity index (χ2v) is 6.23. The summed E-state index contributed by atoms with van der Waals surface area (Å²) in [4.78, 5) is 12.0. The number of benzene rings is 1. The minimum absolute atomic E-state index is 0.0130. The highest BCUT2D eigenvalue weighted by molar-refractivity contribution is 7.98. The average Bonchev–Trinajstić information content (AvgIpc) is 2.82. The Bertz CT molecular complexity index is 606. The molecule has 0 aliphatic heterocycles. The SMILES string of the molecule is CSCC(C)C(=O)Nc1ccc2nn(C(C)C)cc2c1.